The van der Waals surface area contributed by atoms with Crippen molar-refractivity contribution < 1.29 is 4.74 Å². The SMILES string of the molecule is C1=C(c2ccc3ccccc3c2-c2ccc3ccc4cccnc4c3n2)C2=C(CC1)Oc1ccccc1C2(c1ccccc1)c1ccccc1. The number of para-hydroxylation sites is 1. The number of fused-ring (bicyclic) bond motifs is 5. The van der Waals surface area contributed by atoms with Gasteiger partial charge in [-0.3, -0.25) is 4.98 Å². The predicted octanol–water partition coefficient (Wildman–Crippen LogP) is 11.5. The first-order chi connectivity index (χ1) is 24.8. The average Bonchev–Trinajstić information content (AvgIpc) is 3.19. The molecule has 0 atom stereocenters. The van der Waals surface area contributed by atoms with Crippen molar-refractivity contribution in [1.29, 1.82) is 0 Å². The summed E-state index contributed by atoms with van der Waals surface area (Å²) in [5.41, 5.74) is 10.4. The van der Waals surface area contributed by atoms with Crippen molar-refractivity contribution in [3.05, 3.63) is 204 Å². The molecule has 2 aromatic heterocycles. The van der Waals surface area contributed by atoms with Crippen molar-refractivity contribution in [2.75, 3.05) is 0 Å². The van der Waals surface area contributed by atoms with Gasteiger partial charge < -0.3 is 4.74 Å². The van der Waals surface area contributed by atoms with Gasteiger partial charge in [-0.05, 0) is 57.7 Å². The Balaban J connectivity index is 1.30. The van der Waals surface area contributed by atoms with Gasteiger partial charge in [-0.1, -0.05) is 146 Å². The summed E-state index contributed by atoms with van der Waals surface area (Å²) in [6.45, 7) is 0. The monoisotopic (exact) mass is 640 g/mol. The molecule has 0 saturated heterocycles. The van der Waals surface area contributed by atoms with E-state index in [4.69, 9.17) is 14.7 Å². The number of hydrogen-bond donors (Lipinski definition) is 0. The lowest BCUT2D eigenvalue weighted by Gasteiger charge is -2.45. The van der Waals surface area contributed by atoms with E-state index in [1.54, 1.807) is 0 Å². The largest absolute Gasteiger partial charge is 0.461 e. The number of benzene rings is 6. The molecule has 1 aliphatic carbocycles. The fraction of sp³-hybridized carbons (Fsp3) is 0.0638. The summed E-state index contributed by atoms with van der Waals surface area (Å²) in [6, 6.07) is 56.5. The number of ether oxygens (including phenoxy) is 1. The summed E-state index contributed by atoms with van der Waals surface area (Å²) < 4.78 is 6.94. The molecule has 50 heavy (non-hydrogen) atoms. The molecular formula is C47H32N2O. The zero-order valence-corrected chi connectivity index (χ0v) is 27.4. The fourth-order valence-corrected chi connectivity index (χ4v) is 8.39. The van der Waals surface area contributed by atoms with Crippen molar-refractivity contribution in [2.24, 2.45) is 0 Å². The number of aromatic nitrogens is 2. The zero-order chi connectivity index (χ0) is 33.1. The molecule has 8 aromatic rings. The number of pyridine rings is 2. The smallest absolute Gasteiger partial charge is 0.131 e. The molecule has 0 unspecified atom stereocenters. The molecule has 6 aromatic carbocycles. The lowest BCUT2D eigenvalue weighted by atomic mass is 9.59. The minimum atomic E-state index is -0.612. The summed E-state index contributed by atoms with van der Waals surface area (Å²) in [5.74, 6) is 1.93. The maximum Gasteiger partial charge on any atom is 0.131 e. The Kier molecular flexibility index (Phi) is 6.53. The van der Waals surface area contributed by atoms with Gasteiger partial charge in [0, 0.05) is 40.1 Å². The molecule has 0 spiro atoms. The van der Waals surface area contributed by atoms with Crippen LogP contribution in [0.4, 0.5) is 0 Å². The van der Waals surface area contributed by atoms with Gasteiger partial charge in [-0.25, -0.2) is 4.98 Å². The van der Waals surface area contributed by atoms with Crippen LogP contribution in [0.1, 0.15) is 35.1 Å². The molecule has 3 heterocycles. The third-order valence-electron chi connectivity index (χ3n) is 10.5. The van der Waals surface area contributed by atoms with Crippen molar-refractivity contribution in [1.82, 2.24) is 9.97 Å². The molecule has 236 valence electrons. The summed E-state index contributed by atoms with van der Waals surface area (Å²) >= 11 is 0. The van der Waals surface area contributed by atoms with Crippen molar-refractivity contribution in [3.63, 3.8) is 0 Å². The Morgan fingerprint density at radius 3 is 2.04 bits per heavy atom. The van der Waals surface area contributed by atoms with E-state index in [9.17, 15) is 0 Å². The molecule has 0 bridgehead atoms. The Morgan fingerprint density at radius 1 is 0.560 bits per heavy atom. The van der Waals surface area contributed by atoms with Crippen LogP contribution >= 0.6 is 0 Å². The summed E-state index contributed by atoms with van der Waals surface area (Å²) in [7, 11) is 0. The second-order valence-corrected chi connectivity index (χ2v) is 13.2. The van der Waals surface area contributed by atoms with Gasteiger partial charge >= 0.3 is 0 Å². The highest BCUT2D eigenvalue weighted by molar-refractivity contribution is 6.07. The highest BCUT2D eigenvalue weighted by atomic mass is 16.5. The molecule has 2 aliphatic rings. The van der Waals surface area contributed by atoms with E-state index in [1.807, 2.05) is 12.3 Å². The number of hydrogen-bond acceptors (Lipinski definition) is 3. The van der Waals surface area contributed by atoms with Crippen LogP contribution in [0.5, 0.6) is 5.75 Å². The number of rotatable bonds is 4. The summed E-state index contributed by atoms with van der Waals surface area (Å²) in [5, 5.41) is 4.51. The van der Waals surface area contributed by atoms with Crippen LogP contribution in [0.15, 0.2) is 181 Å². The molecule has 1 aliphatic heterocycles. The summed E-state index contributed by atoms with van der Waals surface area (Å²) in [6.07, 6.45) is 5.99. The molecule has 3 heteroatoms. The van der Waals surface area contributed by atoms with Crippen LogP contribution in [-0.4, -0.2) is 9.97 Å². The lowest BCUT2D eigenvalue weighted by Crippen LogP contribution is -2.38. The van der Waals surface area contributed by atoms with E-state index in [0.717, 1.165) is 68.5 Å². The average molecular weight is 641 g/mol. The van der Waals surface area contributed by atoms with Crippen LogP contribution in [0, 0.1) is 0 Å². The standard InChI is InChI=1S/C47H32N2O/c1-3-15-34(16-4-1)47(35-17-5-2-6-18-35)39-21-9-10-22-41(39)50-42-23-11-20-38(44(42)47)37-28-26-31-13-7-8-19-36(31)43(37)40-29-27-33-25-24-32-14-12-30-48-45(32)46(33)49-40/h1-10,12-22,24-30H,11,23H2. The quantitative estimate of drug-likeness (QED) is 0.180. The number of nitrogens with zero attached hydrogens (tertiary/aromatic N) is 2. The van der Waals surface area contributed by atoms with Crippen molar-refractivity contribution in [2.45, 2.75) is 18.3 Å². The zero-order valence-electron chi connectivity index (χ0n) is 27.4. The van der Waals surface area contributed by atoms with Gasteiger partial charge in [-0.2, -0.15) is 0 Å². The Morgan fingerprint density at radius 2 is 1.22 bits per heavy atom. The van der Waals surface area contributed by atoms with E-state index >= 15 is 0 Å². The van der Waals surface area contributed by atoms with E-state index in [0.29, 0.717) is 0 Å². The van der Waals surface area contributed by atoms with Crippen LogP contribution in [0.2, 0.25) is 0 Å². The molecule has 0 radical (unpaired) electrons. The van der Waals surface area contributed by atoms with Crippen LogP contribution in [0.3, 0.4) is 0 Å². The van der Waals surface area contributed by atoms with Crippen LogP contribution < -0.4 is 4.74 Å². The van der Waals surface area contributed by atoms with Gasteiger partial charge in [0.05, 0.1) is 22.1 Å². The minimum absolute atomic E-state index is 0.612. The Bertz CT molecular complexity index is 2630. The van der Waals surface area contributed by atoms with E-state index < -0.39 is 5.41 Å². The highest BCUT2D eigenvalue weighted by Gasteiger charge is 2.49. The second kappa shape index (κ2) is 11.4. The van der Waals surface area contributed by atoms with Gasteiger partial charge in [0.1, 0.15) is 11.5 Å². The lowest BCUT2D eigenvalue weighted by molar-refractivity contribution is 0.364. The third-order valence-corrected chi connectivity index (χ3v) is 10.5. The Labute approximate surface area is 290 Å². The topological polar surface area (TPSA) is 35.0 Å². The minimum Gasteiger partial charge on any atom is -0.461 e. The molecular weight excluding hydrogens is 609 g/mol. The molecule has 3 nitrogen and oxygen atoms in total. The van der Waals surface area contributed by atoms with Gasteiger partial charge in [-0.15, -0.1) is 0 Å². The Hall–Kier alpha value is -6.32. The molecule has 10 rings (SSSR count). The third kappa shape index (κ3) is 4.23. The molecule has 0 N–H and O–H groups in total. The van der Waals surface area contributed by atoms with Gasteiger partial charge in [0.15, 0.2) is 0 Å². The maximum atomic E-state index is 6.94. The normalized spacial score (nSPS) is 15.0. The van der Waals surface area contributed by atoms with Crippen LogP contribution in [0.25, 0.3) is 49.4 Å². The van der Waals surface area contributed by atoms with E-state index in [1.165, 1.54) is 33.0 Å². The summed E-state index contributed by atoms with van der Waals surface area (Å²) in [4.78, 5) is 10.2. The molecule has 0 fully saturated rings. The van der Waals surface area contributed by atoms with Crippen LogP contribution in [-0.2, 0) is 5.41 Å². The maximum absolute atomic E-state index is 6.94. The van der Waals surface area contributed by atoms with Gasteiger partial charge in [0.2, 0.25) is 0 Å². The first-order valence-electron chi connectivity index (χ1n) is 17.3. The number of allylic oxidation sites excluding steroid dienone is 4. The van der Waals surface area contributed by atoms with Crippen molar-refractivity contribution in [3.8, 4) is 17.0 Å². The first-order valence-corrected chi connectivity index (χ1v) is 17.3. The van der Waals surface area contributed by atoms with E-state index in [2.05, 4.69) is 158 Å². The highest BCUT2D eigenvalue weighted by Crippen LogP contribution is 2.58. The molecule has 0 amide bonds. The van der Waals surface area contributed by atoms with Gasteiger partial charge in [0.25, 0.3) is 0 Å². The molecule has 0 saturated carbocycles. The van der Waals surface area contributed by atoms with Crippen molar-refractivity contribution >= 4 is 38.2 Å². The first kappa shape index (κ1) is 28.7. The fourth-order valence-electron chi connectivity index (χ4n) is 8.39. The second-order valence-electron chi connectivity index (χ2n) is 13.2. The predicted molar refractivity (Wildman–Crippen MR) is 204 cm³/mol. The van der Waals surface area contributed by atoms with E-state index in [-0.39, 0.29) is 0 Å².